The van der Waals surface area contributed by atoms with Crippen LogP contribution in [0.5, 0.6) is 0 Å². The zero-order valence-corrected chi connectivity index (χ0v) is 10.5. The summed E-state index contributed by atoms with van der Waals surface area (Å²) in [5, 5.41) is 17.6. The van der Waals surface area contributed by atoms with Crippen molar-refractivity contribution in [3.05, 3.63) is 6.33 Å². The molecule has 8 heteroatoms. The second-order valence-electron chi connectivity index (χ2n) is 4.01. The van der Waals surface area contributed by atoms with E-state index in [1.54, 1.807) is 14.0 Å². The average Bonchev–Trinajstić information content (AvgIpc) is 2.70. The molecule has 1 unspecified atom stereocenters. The van der Waals surface area contributed by atoms with Crippen molar-refractivity contribution in [3.63, 3.8) is 0 Å². The summed E-state index contributed by atoms with van der Waals surface area (Å²) in [6, 6.07) is -1.54. The summed E-state index contributed by atoms with van der Waals surface area (Å²) < 4.78 is 1.37. The van der Waals surface area contributed by atoms with E-state index in [1.807, 2.05) is 6.92 Å². The van der Waals surface area contributed by atoms with Crippen molar-refractivity contribution >= 4 is 17.9 Å². The SMILES string of the molecule is CCC(C)[C@H](NC(=O)Nc1ncnn1C)C(=O)O. The molecule has 0 radical (unpaired) electrons. The predicted molar refractivity (Wildman–Crippen MR) is 64.0 cm³/mol. The van der Waals surface area contributed by atoms with E-state index in [4.69, 9.17) is 5.11 Å². The van der Waals surface area contributed by atoms with E-state index >= 15 is 0 Å². The first-order valence-corrected chi connectivity index (χ1v) is 5.60. The Labute approximate surface area is 104 Å². The molecule has 18 heavy (non-hydrogen) atoms. The fourth-order valence-electron chi connectivity index (χ4n) is 1.37. The summed E-state index contributed by atoms with van der Waals surface area (Å²) in [4.78, 5) is 26.5. The Bertz CT molecular complexity index is 431. The van der Waals surface area contributed by atoms with Crippen LogP contribution >= 0.6 is 0 Å². The summed E-state index contributed by atoms with van der Waals surface area (Å²) in [6.07, 6.45) is 1.94. The lowest BCUT2D eigenvalue weighted by atomic mass is 10.00. The van der Waals surface area contributed by atoms with E-state index in [0.29, 0.717) is 6.42 Å². The van der Waals surface area contributed by atoms with Crippen molar-refractivity contribution in [2.24, 2.45) is 13.0 Å². The molecule has 0 aliphatic rings. The molecule has 1 rings (SSSR count). The first-order valence-electron chi connectivity index (χ1n) is 5.60. The molecule has 0 spiro atoms. The number of rotatable bonds is 5. The third-order valence-electron chi connectivity index (χ3n) is 2.70. The number of carboxylic acid groups (broad SMARTS) is 1. The molecule has 1 aromatic rings. The molecule has 0 fully saturated rings. The van der Waals surface area contributed by atoms with Gasteiger partial charge in [0.05, 0.1) is 0 Å². The Hall–Kier alpha value is -2.12. The standard InChI is InChI=1S/C10H17N5O3/c1-4-6(2)7(8(16)17)13-10(18)14-9-11-5-12-15(9)3/h5-7H,4H2,1-3H3,(H,16,17)(H2,11,12,13,14,18)/t6?,7-/m0/s1. The molecule has 0 bridgehead atoms. The number of carbonyl (C=O) groups is 2. The fourth-order valence-corrected chi connectivity index (χ4v) is 1.37. The summed E-state index contributed by atoms with van der Waals surface area (Å²) in [5.41, 5.74) is 0. The molecule has 1 heterocycles. The maximum Gasteiger partial charge on any atom is 0.326 e. The van der Waals surface area contributed by atoms with Crippen LogP contribution in [0.3, 0.4) is 0 Å². The second kappa shape index (κ2) is 5.99. The van der Waals surface area contributed by atoms with Crippen molar-refractivity contribution in [2.45, 2.75) is 26.3 Å². The number of amides is 2. The summed E-state index contributed by atoms with van der Waals surface area (Å²) in [7, 11) is 1.62. The third kappa shape index (κ3) is 3.44. The Morgan fingerprint density at radius 2 is 2.22 bits per heavy atom. The zero-order valence-electron chi connectivity index (χ0n) is 10.5. The van der Waals surface area contributed by atoms with Crippen molar-refractivity contribution in [3.8, 4) is 0 Å². The number of aliphatic carboxylic acids is 1. The number of urea groups is 1. The fraction of sp³-hybridized carbons (Fsp3) is 0.600. The van der Waals surface area contributed by atoms with Crippen LogP contribution < -0.4 is 10.6 Å². The highest BCUT2D eigenvalue weighted by molar-refractivity contribution is 5.90. The summed E-state index contributed by atoms with van der Waals surface area (Å²) in [5.74, 6) is -0.967. The Morgan fingerprint density at radius 3 is 2.67 bits per heavy atom. The minimum Gasteiger partial charge on any atom is -0.480 e. The summed E-state index contributed by atoms with van der Waals surface area (Å²) in [6.45, 7) is 3.63. The number of hydrogen-bond donors (Lipinski definition) is 3. The van der Waals surface area contributed by atoms with Gasteiger partial charge >= 0.3 is 12.0 Å². The first-order chi connectivity index (χ1) is 8.45. The average molecular weight is 255 g/mol. The van der Waals surface area contributed by atoms with Gasteiger partial charge in [-0.05, 0) is 5.92 Å². The number of hydrogen-bond acceptors (Lipinski definition) is 4. The number of carboxylic acids is 1. The van der Waals surface area contributed by atoms with E-state index in [2.05, 4.69) is 20.7 Å². The van der Waals surface area contributed by atoms with Crippen molar-refractivity contribution in [2.75, 3.05) is 5.32 Å². The molecule has 0 saturated heterocycles. The highest BCUT2D eigenvalue weighted by Gasteiger charge is 2.25. The van der Waals surface area contributed by atoms with Gasteiger partial charge in [0.25, 0.3) is 0 Å². The number of aromatic nitrogens is 3. The first kappa shape index (κ1) is 13.9. The van der Waals surface area contributed by atoms with Crippen LogP contribution in [0.15, 0.2) is 6.33 Å². The molecule has 0 aromatic carbocycles. The molecule has 3 N–H and O–H groups in total. The monoisotopic (exact) mass is 255 g/mol. The Balaban J connectivity index is 2.62. The van der Waals surface area contributed by atoms with E-state index in [1.165, 1.54) is 11.0 Å². The van der Waals surface area contributed by atoms with Gasteiger partial charge in [0.2, 0.25) is 5.95 Å². The maximum absolute atomic E-state index is 11.6. The Morgan fingerprint density at radius 1 is 1.56 bits per heavy atom. The van der Waals surface area contributed by atoms with Crippen molar-refractivity contribution in [1.29, 1.82) is 0 Å². The maximum atomic E-state index is 11.6. The van der Waals surface area contributed by atoms with Gasteiger partial charge in [0.1, 0.15) is 12.4 Å². The molecule has 8 nitrogen and oxygen atoms in total. The topological polar surface area (TPSA) is 109 Å². The van der Waals surface area contributed by atoms with Crippen molar-refractivity contribution < 1.29 is 14.7 Å². The molecule has 0 aliphatic heterocycles. The van der Waals surface area contributed by atoms with Gasteiger partial charge in [-0.3, -0.25) is 5.32 Å². The molecular weight excluding hydrogens is 238 g/mol. The highest BCUT2D eigenvalue weighted by Crippen LogP contribution is 2.08. The Kier molecular flexibility index (Phi) is 4.64. The normalized spacial score (nSPS) is 13.7. The molecule has 0 saturated carbocycles. The third-order valence-corrected chi connectivity index (χ3v) is 2.70. The number of carbonyl (C=O) groups excluding carboxylic acids is 1. The van der Waals surface area contributed by atoms with Crippen LogP contribution in [0, 0.1) is 5.92 Å². The largest absolute Gasteiger partial charge is 0.480 e. The van der Waals surface area contributed by atoms with Gasteiger partial charge in [-0.1, -0.05) is 20.3 Å². The van der Waals surface area contributed by atoms with Crippen LogP contribution in [-0.2, 0) is 11.8 Å². The van der Waals surface area contributed by atoms with Gasteiger partial charge in [0.15, 0.2) is 0 Å². The van der Waals surface area contributed by atoms with Crippen LogP contribution in [-0.4, -0.2) is 37.9 Å². The van der Waals surface area contributed by atoms with Crippen LogP contribution in [0.1, 0.15) is 20.3 Å². The van der Waals surface area contributed by atoms with E-state index in [0.717, 1.165) is 0 Å². The zero-order chi connectivity index (χ0) is 13.7. The molecule has 0 aliphatic carbocycles. The lowest BCUT2D eigenvalue weighted by molar-refractivity contribution is -0.140. The van der Waals surface area contributed by atoms with E-state index < -0.39 is 18.0 Å². The molecule has 2 atom stereocenters. The molecule has 2 amide bonds. The lowest BCUT2D eigenvalue weighted by Crippen LogP contribution is -2.47. The molecule has 100 valence electrons. The van der Waals surface area contributed by atoms with Gasteiger partial charge in [-0.15, -0.1) is 0 Å². The highest BCUT2D eigenvalue weighted by atomic mass is 16.4. The van der Waals surface area contributed by atoms with E-state index in [9.17, 15) is 9.59 Å². The van der Waals surface area contributed by atoms with Gasteiger partial charge in [0, 0.05) is 7.05 Å². The quantitative estimate of drug-likeness (QED) is 0.707. The second-order valence-corrected chi connectivity index (χ2v) is 4.01. The molecular formula is C10H17N5O3. The lowest BCUT2D eigenvalue weighted by Gasteiger charge is -2.20. The van der Waals surface area contributed by atoms with Gasteiger partial charge in [-0.25, -0.2) is 14.3 Å². The number of nitrogens with one attached hydrogen (secondary N) is 2. The number of aryl methyl sites for hydroxylation is 1. The minimum absolute atomic E-state index is 0.159. The van der Waals surface area contributed by atoms with Gasteiger partial charge < -0.3 is 10.4 Å². The minimum atomic E-state index is -1.06. The van der Waals surface area contributed by atoms with Crippen molar-refractivity contribution in [1.82, 2.24) is 20.1 Å². The number of anilines is 1. The van der Waals surface area contributed by atoms with E-state index in [-0.39, 0.29) is 11.9 Å². The number of nitrogens with zero attached hydrogens (tertiary/aromatic N) is 3. The van der Waals surface area contributed by atoms with Crippen LogP contribution in [0.25, 0.3) is 0 Å². The molecule has 1 aromatic heterocycles. The summed E-state index contributed by atoms with van der Waals surface area (Å²) >= 11 is 0. The van der Waals surface area contributed by atoms with Crippen LogP contribution in [0.2, 0.25) is 0 Å². The van der Waals surface area contributed by atoms with Crippen LogP contribution in [0.4, 0.5) is 10.7 Å². The smallest absolute Gasteiger partial charge is 0.326 e. The van der Waals surface area contributed by atoms with Gasteiger partial charge in [-0.2, -0.15) is 10.1 Å². The predicted octanol–water partition coefficient (Wildman–Crippen LogP) is 0.436.